The van der Waals surface area contributed by atoms with Gasteiger partial charge < -0.3 is 21.2 Å². The van der Waals surface area contributed by atoms with Gasteiger partial charge in [-0.05, 0) is 32.0 Å². The molecule has 114 valence electrons. The van der Waals surface area contributed by atoms with Crippen LogP contribution in [-0.2, 0) is 6.18 Å². The number of halogens is 3. The fraction of sp³-hybridized carbons (Fsp3) is 0.308. The molecule has 5 nitrogen and oxygen atoms in total. The smallest absolute Gasteiger partial charge is 0.409 e. The monoisotopic (exact) mass is 300 g/mol. The molecule has 0 aliphatic heterocycles. The zero-order valence-corrected chi connectivity index (χ0v) is 11.4. The number of fused-ring (bicyclic) bond motifs is 1. The van der Waals surface area contributed by atoms with Crippen LogP contribution in [-0.4, -0.2) is 15.6 Å². The second-order valence-corrected chi connectivity index (χ2v) is 4.82. The van der Waals surface area contributed by atoms with Crippen molar-refractivity contribution < 1.29 is 18.4 Å². The van der Waals surface area contributed by atoms with Gasteiger partial charge in [0.15, 0.2) is 5.84 Å². The average molecular weight is 300 g/mol. The number of aryl methyl sites for hydroxylation is 1. The minimum Gasteiger partial charge on any atom is -0.409 e. The summed E-state index contributed by atoms with van der Waals surface area (Å²) in [6.07, 6.45) is -4.55. The Morgan fingerprint density at radius 3 is 2.52 bits per heavy atom. The number of aromatic nitrogens is 1. The van der Waals surface area contributed by atoms with Crippen LogP contribution in [0.2, 0.25) is 0 Å². The average Bonchev–Trinajstić information content (AvgIpc) is 2.70. The van der Waals surface area contributed by atoms with Crippen molar-refractivity contribution in [3.05, 3.63) is 29.5 Å². The van der Waals surface area contributed by atoms with Crippen LogP contribution in [0, 0.1) is 6.92 Å². The van der Waals surface area contributed by atoms with Gasteiger partial charge in [0.05, 0.1) is 11.6 Å². The maximum absolute atomic E-state index is 13.2. The van der Waals surface area contributed by atoms with Crippen LogP contribution >= 0.6 is 0 Å². The highest BCUT2D eigenvalue weighted by Gasteiger charge is 2.36. The van der Waals surface area contributed by atoms with Gasteiger partial charge in [0, 0.05) is 22.3 Å². The van der Waals surface area contributed by atoms with Crippen molar-refractivity contribution in [2.45, 2.75) is 26.1 Å². The number of oxime groups is 1. The molecule has 0 saturated heterocycles. The minimum atomic E-state index is -4.55. The Balaban J connectivity index is 2.81. The van der Waals surface area contributed by atoms with Gasteiger partial charge >= 0.3 is 6.18 Å². The summed E-state index contributed by atoms with van der Waals surface area (Å²) < 4.78 is 41.1. The van der Waals surface area contributed by atoms with Crippen LogP contribution in [0.5, 0.6) is 0 Å². The number of hydrogen-bond acceptors (Lipinski definition) is 3. The molecule has 0 fully saturated rings. The van der Waals surface area contributed by atoms with E-state index in [1.54, 1.807) is 18.4 Å². The Morgan fingerprint density at radius 1 is 1.38 bits per heavy atom. The molecule has 2 aromatic rings. The topological polar surface area (TPSA) is 89.6 Å². The molecule has 2 rings (SSSR count). The Bertz CT molecular complexity index is 718. The minimum absolute atomic E-state index is 0.00223. The largest absolute Gasteiger partial charge is 0.419 e. The lowest BCUT2D eigenvalue weighted by atomic mass is 10.1. The normalized spacial score (nSPS) is 14.6. The Kier molecular flexibility index (Phi) is 3.48. The molecule has 0 aliphatic carbocycles. The van der Waals surface area contributed by atoms with Crippen molar-refractivity contribution in [2.24, 2.45) is 10.9 Å². The zero-order valence-electron chi connectivity index (χ0n) is 11.4. The van der Waals surface area contributed by atoms with Gasteiger partial charge in [0.1, 0.15) is 0 Å². The van der Waals surface area contributed by atoms with Crippen molar-refractivity contribution in [1.82, 2.24) is 4.57 Å². The second-order valence-electron chi connectivity index (χ2n) is 4.82. The predicted octanol–water partition coefficient (Wildman–Crippen LogP) is 2.86. The van der Waals surface area contributed by atoms with Crippen molar-refractivity contribution in [2.75, 3.05) is 5.73 Å². The number of nitrogens with zero attached hydrogens (tertiary/aromatic N) is 2. The lowest BCUT2D eigenvalue weighted by Gasteiger charge is -2.17. The van der Waals surface area contributed by atoms with Crippen molar-refractivity contribution in [1.29, 1.82) is 0 Å². The van der Waals surface area contributed by atoms with Gasteiger partial charge in [0.25, 0.3) is 0 Å². The molecular formula is C13H15F3N4O. The first-order valence-corrected chi connectivity index (χ1v) is 6.13. The van der Waals surface area contributed by atoms with E-state index in [1.807, 2.05) is 0 Å². The van der Waals surface area contributed by atoms with Crippen LogP contribution in [0.15, 0.2) is 23.4 Å². The van der Waals surface area contributed by atoms with Gasteiger partial charge in [-0.1, -0.05) is 5.16 Å². The highest BCUT2D eigenvalue weighted by Crippen LogP contribution is 2.40. The fourth-order valence-electron chi connectivity index (χ4n) is 2.50. The maximum Gasteiger partial charge on any atom is 0.419 e. The summed E-state index contributed by atoms with van der Waals surface area (Å²) in [5, 5.41) is 11.7. The molecule has 1 atom stereocenters. The molecule has 0 radical (unpaired) electrons. The van der Waals surface area contributed by atoms with Crippen LogP contribution in [0.3, 0.4) is 0 Å². The highest BCUT2D eigenvalue weighted by molar-refractivity contribution is 5.92. The molecule has 1 aromatic carbocycles. The van der Waals surface area contributed by atoms with E-state index >= 15 is 0 Å². The van der Waals surface area contributed by atoms with E-state index in [0.717, 1.165) is 0 Å². The molecule has 1 aromatic heterocycles. The third kappa shape index (κ3) is 2.37. The van der Waals surface area contributed by atoms with E-state index < -0.39 is 17.8 Å². The summed E-state index contributed by atoms with van der Waals surface area (Å²) >= 11 is 0. The van der Waals surface area contributed by atoms with Gasteiger partial charge in [-0.2, -0.15) is 13.2 Å². The molecule has 1 heterocycles. The van der Waals surface area contributed by atoms with Crippen LogP contribution < -0.4 is 11.5 Å². The van der Waals surface area contributed by atoms with Gasteiger partial charge in [-0.3, -0.25) is 0 Å². The molecular weight excluding hydrogens is 285 g/mol. The number of hydrogen-bond donors (Lipinski definition) is 3. The van der Waals surface area contributed by atoms with E-state index in [2.05, 4.69) is 5.16 Å². The number of rotatable bonds is 2. The third-order valence-electron chi connectivity index (χ3n) is 3.46. The molecule has 1 unspecified atom stereocenters. The van der Waals surface area contributed by atoms with E-state index in [-0.39, 0.29) is 16.9 Å². The first kappa shape index (κ1) is 15.0. The third-order valence-corrected chi connectivity index (χ3v) is 3.46. The number of anilines is 1. The Hall–Kier alpha value is -2.38. The van der Waals surface area contributed by atoms with E-state index in [9.17, 15) is 13.2 Å². The van der Waals surface area contributed by atoms with Crippen LogP contribution in [0.4, 0.5) is 18.9 Å². The molecule has 8 heteroatoms. The molecule has 0 aliphatic rings. The van der Waals surface area contributed by atoms with Crippen molar-refractivity contribution in [3.63, 3.8) is 0 Å². The lowest BCUT2D eigenvalue weighted by Crippen LogP contribution is -2.25. The summed E-state index contributed by atoms with van der Waals surface area (Å²) in [4.78, 5) is 0. The number of amidine groups is 1. The molecule has 5 N–H and O–H groups in total. The standard InChI is InChI=1S/C13H15F3N4O/c1-6-5-8-10(20(6)7(2)12(18)19-21)4-3-9(17)11(8)13(14,15)16/h3-5,7,21H,17H2,1-2H3,(H2,18,19). The van der Waals surface area contributed by atoms with Crippen molar-refractivity contribution in [3.8, 4) is 0 Å². The van der Waals surface area contributed by atoms with Crippen LogP contribution in [0.1, 0.15) is 24.2 Å². The van der Waals surface area contributed by atoms with E-state index in [4.69, 9.17) is 16.7 Å². The van der Waals surface area contributed by atoms with Gasteiger partial charge in [0.2, 0.25) is 0 Å². The number of alkyl halides is 3. The quantitative estimate of drug-likeness (QED) is 0.262. The first-order valence-electron chi connectivity index (χ1n) is 6.13. The SMILES string of the molecule is Cc1cc2c(C(F)(F)F)c(N)ccc2n1C(C)/C(N)=N/O. The Labute approximate surface area is 118 Å². The summed E-state index contributed by atoms with van der Waals surface area (Å²) in [7, 11) is 0. The summed E-state index contributed by atoms with van der Waals surface area (Å²) in [5.41, 5.74) is 10.7. The first-order chi connectivity index (χ1) is 9.68. The number of nitrogen functional groups attached to an aromatic ring is 1. The van der Waals surface area contributed by atoms with Crippen molar-refractivity contribution >= 4 is 22.4 Å². The number of benzene rings is 1. The Morgan fingerprint density at radius 2 is 2.00 bits per heavy atom. The van der Waals surface area contributed by atoms with E-state index in [1.165, 1.54) is 18.2 Å². The summed E-state index contributed by atoms with van der Waals surface area (Å²) in [5.74, 6) is -0.0963. The summed E-state index contributed by atoms with van der Waals surface area (Å²) in [6, 6.07) is 3.52. The molecule has 0 spiro atoms. The zero-order chi connectivity index (χ0) is 15.9. The molecule has 0 bridgehead atoms. The highest BCUT2D eigenvalue weighted by atomic mass is 19.4. The second kappa shape index (κ2) is 4.87. The lowest BCUT2D eigenvalue weighted by molar-refractivity contribution is -0.135. The molecule has 0 amide bonds. The fourth-order valence-corrected chi connectivity index (χ4v) is 2.50. The van der Waals surface area contributed by atoms with Gasteiger partial charge in [-0.15, -0.1) is 0 Å². The van der Waals surface area contributed by atoms with E-state index in [0.29, 0.717) is 11.2 Å². The van der Waals surface area contributed by atoms with Crippen LogP contribution in [0.25, 0.3) is 10.9 Å². The maximum atomic E-state index is 13.2. The molecule has 0 saturated carbocycles. The van der Waals surface area contributed by atoms with Gasteiger partial charge in [-0.25, -0.2) is 0 Å². The summed E-state index contributed by atoms with van der Waals surface area (Å²) in [6.45, 7) is 3.28. The number of nitrogens with two attached hydrogens (primary N) is 2. The predicted molar refractivity (Wildman–Crippen MR) is 74.2 cm³/mol. The molecule has 21 heavy (non-hydrogen) atoms.